The molecule has 0 aliphatic heterocycles. The first-order valence-corrected chi connectivity index (χ1v) is 40.7. The first-order valence-electron chi connectivity index (χ1n) is 40.7. The molecule has 2 heteroatoms. The van der Waals surface area contributed by atoms with Crippen molar-refractivity contribution < 1.29 is 0 Å². The standard InChI is InChI=1S/2C58H39N/c1-3-16-40(17-4-1)44-21-15-22-45(38-44)41-30-34-47(35-31-41)59(56-39-46-20-7-8-23-49(46)50-24-9-12-27-53(50)56)48-36-32-43(33-37-48)58-55-29-14-11-26-52(55)51-25-10-13-28-54(51)57(58)42-18-5-2-6-19-42;1-3-15-40(16-4-1)41-27-29-42(30-28-41)43-31-35-47(36-32-43)59(56-39-46-19-7-8-20-49(46)50-21-9-12-24-53(50)56)48-37-33-45(34-38-48)58-55-26-14-11-23-52(55)51-22-10-13-25-54(51)57(58)44-17-5-2-6-18-44/h2*1-39H. The predicted molar refractivity (Wildman–Crippen MR) is 506 cm³/mol. The summed E-state index contributed by atoms with van der Waals surface area (Å²) in [7, 11) is 0. The van der Waals surface area contributed by atoms with Crippen molar-refractivity contribution in [1.82, 2.24) is 0 Å². The van der Waals surface area contributed by atoms with Crippen LogP contribution < -0.4 is 9.80 Å². The fourth-order valence-electron chi connectivity index (χ4n) is 18.1. The summed E-state index contributed by atoms with van der Waals surface area (Å²) in [5.41, 5.74) is 26.2. The molecule has 0 saturated heterocycles. The second-order valence-electron chi connectivity index (χ2n) is 30.5. The minimum Gasteiger partial charge on any atom is -0.310 e. The van der Waals surface area contributed by atoms with E-state index in [2.05, 4.69) is 483 Å². The highest BCUT2D eigenvalue weighted by molar-refractivity contribution is 6.24. The van der Waals surface area contributed by atoms with Crippen LogP contribution in [0.25, 0.3) is 175 Å². The summed E-state index contributed by atoms with van der Waals surface area (Å²) in [5.74, 6) is 0. The van der Waals surface area contributed by atoms with Crippen LogP contribution >= 0.6 is 0 Å². The molecule has 0 unspecified atom stereocenters. The van der Waals surface area contributed by atoms with Crippen LogP contribution in [-0.2, 0) is 0 Å². The van der Waals surface area contributed by atoms with Crippen LogP contribution in [0.3, 0.4) is 0 Å². The minimum atomic E-state index is 1.10. The molecular weight excluding hydrogens is 1420 g/mol. The van der Waals surface area contributed by atoms with E-state index in [0.29, 0.717) is 0 Å². The zero-order valence-electron chi connectivity index (χ0n) is 64.9. The molecule has 22 aromatic rings. The third-order valence-corrected chi connectivity index (χ3v) is 23.7. The molecule has 0 bridgehead atoms. The third kappa shape index (κ3) is 13.0. The van der Waals surface area contributed by atoms with Crippen molar-refractivity contribution in [3.8, 4) is 89.0 Å². The number of hydrogen-bond donors (Lipinski definition) is 0. The number of hydrogen-bond acceptors (Lipinski definition) is 2. The van der Waals surface area contributed by atoms with Crippen molar-refractivity contribution in [2.45, 2.75) is 0 Å². The summed E-state index contributed by atoms with van der Waals surface area (Å²) < 4.78 is 0. The first kappa shape index (κ1) is 70.4. The predicted octanol–water partition coefficient (Wildman–Crippen LogP) is 32.9. The molecule has 2 nitrogen and oxygen atoms in total. The van der Waals surface area contributed by atoms with Gasteiger partial charge in [-0.1, -0.05) is 406 Å². The second-order valence-corrected chi connectivity index (χ2v) is 30.5. The monoisotopic (exact) mass is 1500 g/mol. The molecule has 0 aliphatic rings. The van der Waals surface area contributed by atoms with Crippen LogP contribution in [0.4, 0.5) is 34.1 Å². The normalized spacial score (nSPS) is 11.4. The highest BCUT2D eigenvalue weighted by Gasteiger charge is 2.25. The first-order chi connectivity index (χ1) is 58.6. The van der Waals surface area contributed by atoms with Gasteiger partial charge in [-0.3, -0.25) is 0 Å². The Morgan fingerprint density at radius 2 is 0.297 bits per heavy atom. The van der Waals surface area contributed by atoms with Crippen LogP contribution in [-0.4, -0.2) is 0 Å². The van der Waals surface area contributed by atoms with Gasteiger partial charge in [-0.25, -0.2) is 0 Å². The molecule has 0 spiro atoms. The summed E-state index contributed by atoms with van der Waals surface area (Å²) in [6.07, 6.45) is 0. The Kier molecular flexibility index (Phi) is 18.4. The molecule has 0 aliphatic carbocycles. The smallest absolute Gasteiger partial charge is 0.0546 e. The molecule has 0 atom stereocenters. The number of rotatable bonds is 14. The molecular formula is C116H78N2. The van der Waals surface area contributed by atoms with Gasteiger partial charge in [-0.2, -0.15) is 0 Å². The Morgan fingerprint density at radius 1 is 0.110 bits per heavy atom. The van der Waals surface area contributed by atoms with Crippen LogP contribution in [0.2, 0.25) is 0 Å². The van der Waals surface area contributed by atoms with Crippen molar-refractivity contribution in [3.63, 3.8) is 0 Å². The maximum absolute atomic E-state index is 2.43. The van der Waals surface area contributed by atoms with Gasteiger partial charge in [0.05, 0.1) is 11.4 Å². The van der Waals surface area contributed by atoms with E-state index in [1.807, 2.05) is 0 Å². The van der Waals surface area contributed by atoms with E-state index in [4.69, 9.17) is 0 Å². The van der Waals surface area contributed by atoms with E-state index in [1.165, 1.54) is 175 Å². The van der Waals surface area contributed by atoms with Gasteiger partial charge in [-0.15, -0.1) is 0 Å². The van der Waals surface area contributed by atoms with Crippen LogP contribution in [0.5, 0.6) is 0 Å². The second kappa shape index (κ2) is 30.8. The van der Waals surface area contributed by atoms with Crippen LogP contribution in [0.15, 0.2) is 473 Å². The van der Waals surface area contributed by atoms with Crippen LogP contribution in [0.1, 0.15) is 0 Å². The molecule has 552 valence electrons. The van der Waals surface area contributed by atoms with E-state index in [-0.39, 0.29) is 0 Å². The molecule has 0 amide bonds. The summed E-state index contributed by atoms with van der Waals surface area (Å²) in [6.45, 7) is 0. The Labute approximate surface area is 687 Å². The molecule has 0 aromatic heterocycles. The summed E-state index contributed by atoms with van der Waals surface area (Å²) in [6, 6.07) is 172. The lowest BCUT2D eigenvalue weighted by Gasteiger charge is -2.28. The van der Waals surface area contributed by atoms with Gasteiger partial charge in [0, 0.05) is 33.5 Å². The highest BCUT2D eigenvalue weighted by atomic mass is 15.1. The van der Waals surface area contributed by atoms with Crippen LogP contribution in [0, 0.1) is 0 Å². The molecule has 118 heavy (non-hydrogen) atoms. The zero-order chi connectivity index (χ0) is 78.2. The Hall–Kier alpha value is -15.5. The quantitative estimate of drug-likeness (QED) is 0.100. The lowest BCUT2D eigenvalue weighted by atomic mass is 9.85. The van der Waals surface area contributed by atoms with Crippen molar-refractivity contribution in [1.29, 1.82) is 0 Å². The van der Waals surface area contributed by atoms with E-state index in [9.17, 15) is 0 Å². The largest absolute Gasteiger partial charge is 0.310 e. The molecule has 0 saturated carbocycles. The average Bonchev–Trinajstić information content (AvgIpc) is 0.738. The maximum atomic E-state index is 2.43. The number of fused-ring (bicyclic) bond motifs is 12. The van der Waals surface area contributed by atoms with E-state index >= 15 is 0 Å². The summed E-state index contributed by atoms with van der Waals surface area (Å²) in [5, 5.41) is 19.9. The van der Waals surface area contributed by atoms with Gasteiger partial charge in [-0.05, 0) is 231 Å². The van der Waals surface area contributed by atoms with E-state index < -0.39 is 0 Å². The maximum Gasteiger partial charge on any atom is 0.0546 e. The van der Waals surface area contributed by atoms with E-state index in [1.54, 1.807) is 0 Å². The summed E-state index contributed by atoms with van der Waals surface area (Å²) in [4.78, 5) is 4.86. The molecule has 0 radical (unpaired) electrons. The minimum absolute atomic E-state index is 1.10. The number of anilines is 6. The fourth-order valence-corrected chi connectivity index (χ4v) is 18.1. The van der Waals surface area contributed by atoms with Crippen molar-refractivity contribution in [3.05, 3.63) is 473 Å². The Bertz CT molecular complexity index is 7470. The molecule has 22 aromatic carbocycles. The van der Waals surface area contributed by atoms with Gasteiger partial charge in [0.25, 0.3) is 0 Å². The molecule has 0 heterocycles. The van der Waals surface area contributed by atoms with Crippen molar-refractivity contribution in [2.75, 3.05) is 9.80 Å². The lowest BCUT2D eigenvalue weighted by Crippen LogP contribution is -2.10. The Morgan fingerprint density at radius 3 is 0.602 bits per heavy atom. The number of benzene rings is 22. The van der Waals surface area contributed by atoms with E-state index in [0.717, 1.165) is 34.1 Å². The zero-order valence-corrected chi connectivity index (χ0v) is 64.9. The molecule has 0 N–H and O–H groups in total. The fraction of sp³-hybridized carbons (Fsp3) is 0. The molecule has 0 fully saturated rings. The van der Waals surface area contributed by atoms with Crippen molar-refractivity contribution >= 4 is 120 Å². The van der Waals surface area contributed by atoms with Gasteiger partial charge in [0.15, 0.2) is 0 Å². The van der Waals surface area contributed by atoms with Gasteiger partial charge >= 0.3 is 0 Å². The number of nitrogens with zero attached hydrogens (tertiary/aromatic N) is 2. The topological polar surface area (TPSA) is 6.48 Å². The Balaban J connectivity index is 0.000000147. The highest BCUT2D eigenvalue weighted by Crippen LogP contribution is 2.51. The average molecular weight is 1500 g/mol. The third-order valence-electron chi connectivity index (χ3n) is 23.7. The van der Waals surface area contributed by atoms with Crippen molar-refractivity contribution in [2.24, 2.45) is 0 Å². The van der Waals surface area contributed by atoms with Gasteiger partial charge in [0.1, 0.15) is 0 Å². The lowest BCUT2D eigenvalue weighted by molar-refractivity contribution is 1.30. The SMILES string of the molecule is c1ccc(-c2ccc(-c3ccc(N(c4ccc(-c5c(-c6ccccc6)c6ccccc6c6ccccc56)cc4)c4cc5ccccc5c5ccccc45)cc3)cc2)cc1.c1ccc(-c2cccc(-c3ccc(N(c4ccc(-c5c(-c6ccccc6)c6ccccc6c6ccccc56)cc4)c4cc5ccccc5c5ccccc45)cc3)c2)cc1. The van der Waals surface area contributed by atoms with Gasteiger partial charge < -0.3 is 9.80 Å². The summed E-state index contributed by atoms with van der Waals surface area (Å²) >= 11 is 0. The molecule has 22 rings (SSSR count). The van der Waals surface area contributed by atoms with Gasteiger partial charge in [0.2, 0.25) is 0 Å².